The molecule has 0 spiro atoms. The van der Waals surface area contributed by atoms with Crippen LogP contribution in [0.5, 0.6) is 5.75 Å². The molecular formula is C20H21FN2O2. The molecule has 4 rings (SSSR count). The van der Waals surface area contributed by atoms with Gasteiger partial charge in [-0.25, -0.2) is 4.39 Å². The van der Waals surface area contributed by atoms with Crippen LogP contribution in [0.1, 0.15) is 11.1 Å². The number of fused-ring (bicyclic) bond motifs is 1. The largest absolute Gasteiger partial charge is 0.484 e. The molecule has 0 bridgehead atoms. The quantitative estimate of drug-likeness (QED) is 0.857. The third-order valence-electron chi connectivity index (χ3n) is 5.07. The van der Waals surface area contributed by atoms with E-state index in [1.54, 1.807) is 0 Å². The first kappa shape index (κ1) is 16.1. The molecular weight excluding hydrogens is 319 g/mol. The molecule has 4 nitrogen and oxygen atoms in total. The molecule has 5 heteroatoms. The lowest BCUT2D eigenvalue weighted by atomic mass is 9.96. The highest BCUT2D eigenvalue weighted by Gasteiger charge is 2.35. The number of benzene rings is 2. The topological polar surface area (TPSA) is 32.8 Å². The fourth-order valence-electron chi connectivity index (χ4n) is 3.49. The number of halogens is 1. The van der Waals surface area contributed by atoms with Gasteiger partial charge in [0.05, 0.1) is 0 Å². The van der Waals surface area contributed by atoms with E-state index in [9.17, 15) is 9.18 Å². The molecule has 2 heterocycles. The number of carbonyl (C=O) groups excluding carboxylic acids is 1. The summed E-state index contributed by atoms with van der Waals surface area (Å²) in [4.78, 5) is 16.5. The molecule has 1 amide bonds. The van der Waals surface area contributed by atoms with E-state index < -0.39 is 0 Å². The lowest BCUT2D eigenvalue weighted by Crippen LogP contribution is -2.62. The summed E-state index contributed by atoms with van der Waals surface area (Å²) in [5.41, 5.74) is 2.84. The molecule has 0 aliphatic carbocycles. The van der Waals surface area contributed by atoms with E-state index >= 15 is 0 Å². The molecule has 0 atom stereocenters. The Bertz CT molecular complexity index is 757. The molecule has 2 aliphatic rings. The smallest absolute Gasteiger partial charge is 0.260 e. The normalized spacial score (nSPS) is 17.7. The first-order chi connectivity index (χ1) is 12.2. The maximum Gasteiger partial charge on any atom is 0.260 e. The van der Waals surface area contributed by atoms with Gasteiger partial charge in [0.1, 0.15) is 11.6 Å². The summed E-state index contributed by atoms with van der Waals surface area (Å²) < 4.78 is 18.3. The zero-order valence-corrected chi connectivity index (χ0v) is 14.0. The Labute approximate surface area is 146 Å². The van der Waals surface area contributed by atoms with Gasteiger partial charge in [0.15, 0.2) is 6.61 Å². The first-order valence-corrected chi connectivity index (χ1v) is 8.66. The second-order valence-electron chi connectivity index (χ2n) is 6.68. The van der Waals surface area contributed by atoms with Crippen molar-refractivity contribution in [2.75, 3.05) is 26.2 Å². The zero-order valence-electron chi connectivity index (χ0n) is 14.0. The molecule has 0 radical (unpaired) electrons. The highest BCUT2D eigenvalue weighted by Crippen LogP contribution is 2.24. The second-order valence-corrected chi connectivity index (χ2v) is 6.68. The van der Waals surface area contributed by atoms with Gasteiger partial charge in [0.2, 0.25) is 0 Å². The van der Waals surface area contributed by atoms with Crippen molar-refractivity contribution in [2.24, 2.45) is 0 Å². The SMILES string of the molecule is O=C(COc1ccc(F)cc1)N1CC(N2CCc3ccccc3C2)C1. The minimum absolute atomic E-state index is 0.00118. The van der Waals surface area contributed by atoms with Crippen molar-refractivity contribution in [1.29, 1.82) is 0 Å². The molecule has 1 saturated heterocycles. The van der Waals surface area contributed by atoms with Crippen LogP contribution in [0.25, 0.3) is 0 Å². The van der Waals surface area contributed by atoms with Crippen molar-refractivity contribution in [3.63, 3.8) is 0 Å². The average Bonchev–Trinajstić information content (AvgIpc) is 2.60. The van der Waals surface area contributed by atoms with Crippen LogP contribution in [0, 0.1) is 5.82 Å². The maximum atomic E-state index is 12.9. The van der Waals surface area contributed by atoms with Crippen LogP contribution in [0.4, 0.5) is 4.39 Å². The number of rotatable bonds is 4. The number of hydrogen-bond acceptors (Lipinski definition) is 3. The molecule has 0 unspecified atom stereocenters. The number of carbonyl (C=O) groups is 1. The summed E-state index contributed by atoms with van der Waals surface area (Å²) >= 11 is 0. The monoisotopic (exact) mass is 340 g/mol. The molecule has 2 aliphatic heterocycles. The van der Waals surface area contributed by atoms with E-state index in [0.717, 1.165) is 32.6 Å². The number of hydrogen-bond donors (Lipinski definition) is 0. The Morgan fingerprint density at radius 2 is 1.80 bits per heavy atom. The van der Waals surface area contributed by atoms with Crippen LogP contribution in [0.15, 0.2) is 48.5 Å². The highest BCUT2D eigenvalue weighted by molar-refractivity contribution is 5.78. The van der Waals surface area contributed by atoms with Crippen molar-refractivity contribution >= 4 is 5.91 Å². The molecule has 25 heavy (non-hydrogen) atoms. The maximum absolute atomic E-state index is 12.9. The third kappa shape index (κ3) is 3.51. The summed E-state index contributed by atoms with van der Waals surface area (Å²) in [5.74, 6) is 0.185. The number of amides is 1. The van der Waals surface area contributed by atoms with Gasteiger partial charge in [-0.15, -0.1) is 0 Å². The predicted molar refractivity (Wildman–Crippen MR) is 92.8 cm³/mol. The van der Waals surface area contributed by atoms with E-state index in [0.29, 0.717) is 11.8 Å². The second kappa shape index (κ2) is 6.84. The zero-order chi connectivity index (χ0) is 17.2. The van der Waals surface area contributed by atoms with Crippen LogP contribution in [-0.4, -0.2) is 48.0 Å². The Kier molecular flexibility index (Phi) is 4.40. The van der Waals surface area contributed by atoms with E-state index in [1.807, 2.05) is 4.90 Å². The summed E-state index contributed by atoms with van der Waals surface area (Å²) in [5, 5.41) is 0. The van der Waals surface area contributed by atoms with Gasteiger partial charge in [-0.3, -0.25) is 9.69 Å². The van der Waals surface area contributed by atoms with Gasteiger partial charge in [-0.1, -0.05) is 24.3 Å². The van der Waals surface area contributed by atoms with Crippen molar-refractivity contribution in [1.82, 2.24) is 9.80 Å². The molecule has 2 aromatic rings. The summed E-state index contributed by atoms with van der Waals surface area (Å²) in [6.07, 6.45) is 1.08. The van der Waals surface area contributed by atoms with Gasteiger partial charge in [0.25, 0.3) is 5.91 Å². The van der Waals surface area contributed by atoms with E-state index in [-0.39, 0.29) is 18.3 Å². The molecule has 130 valence electrons. The third-order valence-corrected chi connectivity index (χ3v) is 5.07. The van der Waals surface area contributed by atoms with Gasteiger partial charge < -0.3 is 9.64 Å². The fraction of sp³-hybridized carbons (Fsp3) is 0.350. The van der Waals surface area contributed by atoms with Gasteiger partial charge in [-0.2, -0.15) is 0 Å². The Morgan fingerprint density at radius 3 is 2.56 bits per heavy atom. The average molecular weight is 340 g/mol. The summed E-state index contributed by atoms with van der Waals surface area (Å²) in [7, 11) is 0. The summed E-state index contributed by atoms with van der Waals surface area (Å²) in [6, 6.07) is 14.7. The van der Waals surface area contributed by atoms with Crippen LogP contribution in [0.2, 0.25) is 0 Å². The van der Waals surface area contributed by atoms with Gasteiger partial charge in [0, 0.05) is 32.2 Å². The lowest BCUT2D eigenvalue weighted by molar-refractivity contribution is -0.141. The van der Waals surface area contributed by atoms with Gasteiger partial charge >= 0.3 is 0 Å². The number of likely N-dealkylation sites (tertiary alicyclic amines) is 1. The van der Waals surface area contributed by atoms with Crippen molar-refractivity contribution in [2.45, 2.75) is 19.0 Å². The predicted octanol–water partition coefficient (Wildman–Crippen LogP) is 2.47. The Balaban J connectivity index is 1.25. The van der Waals surface area contributed by atoms with Crippen LogP contribution >= 0.6 is 0 Å². The van der Waals surface area contributed by atoms with Crippen molar-refractivity contribution < 1.29 is 13.9 Å². The standard InChI is InChI=1S/C20H21FN2O2/c21-17-5-7-19(8-6-17)25-14-20(24)23-12-18(13-23)22-10-9-15-3-1-2-4-16(15)11-22/h1-8,18H,9-14H2. The molecule has 1 fully saturated rings. The lowest BCUT2D eigenvalue weighted by Gasteiger charge is -2.46. The number of ether oxygens (including phenoxy) is 1. The van der Waals surface area contributed by atoms with E-state index in [1.165, 1.54) is 35.4 Å². The molecule has 0 saturated carbocycles. The van der Waals surface area contributed by atoms with E-state index in [4.69, 9.17) is 4.74 Å². The van der Waals surface area contributed by atoms with E-state index in [2.05, 4.69) is 29.2 Å². The minimum Gasteiger partial charge on any atom is -0.484 e. The molecule has 0 aromatic heterocycles. The Morgan fingerprint density at radius 1 is 1.08 bits per heavy atom. The fourth-order valence-corrected chi connectivity index (χ4v) is 3.49. The van der Waals surface area contributed by atoms with Crippen molar-refractivity contribution in [3.8, 4) is 5.75 Å². The first-order valence-electron chi connectivity index (χ1n) is 8.66. The van der Waals surface area contributed by atoms with Crippen molar-refractivity contribution in [3.05, 3.63) is 65.5 Å². The van der Waals surface area contributed by atoms with Crippen LogP contribution < -0.4 is 4.74 Å². The van der Waals surface area contributed by atoms with Crippen LogP contribution in [-0.2, 0) is 17.8 Å². The molecule has 2 aromatic carbocycles. The number of nitrogens with zero attached hydrogens (tertiary/aromatic N) is 2. The van der Waals surface area contributed by atoms with Crippen LogP contribution in [0.3, 0.4) is 0 Å². The highest BCUT2D eigenvalue weighted by atomic mass is 19.1. The Hall–Kier alpha value is -2.40. The minimum atomic E-state index is -0.313. The molecule has 0 N–H and O–H groups in total. The van der Waals surface area contributed by atoms with Gasteiger partial charge in [-0.05, 0) is 41.8 Å². The summed E-state index contributed by atoms with van der Waals surface area (Å²) in [6.45, 7) is 3.54.